The van der Waals surface area contributed by atoms with Crippen molar-refractivity contribution in [3.63, 3.8) is 0 Å². The van der Waals surface area contributed by atoms with E-state index in [-0.39, 0.29) is 5.91 Å². The van der Waals surface area contributed by atoms with Crippen LogP contribution in [-0.4, -0.2) is 17.4 Å². The summed E-state index contributed by atoms with van der Waals surface area (Å²) in [6.07, 6.45) is 1.46. The van der Waals surface area contributed by atoms with Gasteiger partial charge in [0.15, 0.2) is 5.13 Å². The molecule has 0 spiro atoms. The standard InChI is InChI=1S/C15H21N3OS/c1-4-15(5-2,9-16)13(19)18-14-17-11-7-6-10(3)8-12(11)20-14/h6-8H,4-5,9,16H2,1-3H3,(H,17,18,19). The van der Waals surface area contributed by atoms with Crippen molar-refractivity contribution in [3.05, 3.63) is 23.8 Å². The molecule has 1 aromatic heterocycles. The van der Waals surface area contributed by atoms with Gasteiger partial charge < -0.3 is 11.1 Å². The lowest BCUT2D eigenvalue weighted by Gasteiger charge is -2.27. The molecule has 0 saturated carbocycles. The van der Waals surface area contributed by atoms with Crippen LogP contribution in [0.1, 0.15) is 32.3 Å². The fourth-order valence-corrected chi connectivity index (χ4v) is 3.23. The molecule has 0 unspecified atom stereocenters. The van der Waals surface area contributed by atoms with E-state index < -0.39 is 5.41 Å². The number of amides is 1. The van der Waals surface area contributed by atoms with E-state index in [1.165, 1.54) is 16.9 Å². The minimum absolute atomic E-state index is 0.0271. The number of nitrogens with zero attached hydrogens (tertiary/aromatic N) is 1. The van der Waals surface area contributed by atoms with Crippen molar-refractivity contribution in [2.75, 3.05) is 11.9 Å². The van der Waals surface area contributed by atoms with Crippen LogP contribution in [-0.2, 0) is 4.79 Å². The van der Waals surface area contributed by atoms with Crippen LogP contribution < -0.4 is 11.1 Å². The Balaban J connectivity index is 2.25. The molecule has 0 fully saturated rings. The van der Waals surface area contributed by atoms with Gasteiger partial charge in [0.2, 0.25) is 5.91 Å². The summed E-state index contributed by atoms with van der Waals surface area (Å²) in [6.45, 7) is 6.40. The number of carbonyl (C=O) groups is 1. The molecule has 0 aliphatic heterocycles. The lowest BCUT2D eigenvalue weighted by atomic mass is 9.81. The average Bonchev–Trinajstić information content (AvgIpc) is 2.82. The maximum Gasteiger partial charge on any atom is 0.233 e. The number of aryl methyl sites for hydroxylation is 1. The molecule has 2 aromatic rings. The van der Waals surface area contributed by atoms with E-state index in [0.29, 0.717) is 11.7 Å². The zero-order valence-corrected chi connectivity index (χ0v) is 13.0. The van der Waals surface area contributed by atoms with E-state index in [1.807, 2.05) is 32.9 Å². The molecule has 3 N–H and O–H groups in total. The highest BCUT2D eigenvalue weighted by molar-refractivity contribution is 7.22. The molecule has 2 rings (SSSR count). The van der Waals surface area contributed by atoms with Crippen LogP contribution >= 0.6 is 11.3 Å². The van der Waals surface area contributed by atoms with Gasteiger partial charge in [-0.15, -0.1) is 0 Å². The van der Waals surface area contributed by atoms with E-state index in [2.05, 4.69) is 16.4 Å². The van der Waals surface area contributed by atoms with Crippen LogP contribution in [0.3, 0.4) is 0 Å². The number of thiazole rings is 1. The molecule has 1 amide bonds. The number of anilines is 1. The third-order valence-corrected chi connectivity index (χ3v) is 4.92. The van der Waals surface area contributed by atoms with Crippen molar-refractivity contribution in [1.82, 2.24) is 4.98 Å². The van der Waals surface area contributed by atoms with Crippen molar-refractivity contribution < 1.29 is 4.79 Å². The zero-order valence-electron chi connectivity index (χ0n) is 12.2. The van der Waals surface area contributed by atoms with Gasteiger partial charge in [-0.2, -0.15) is 0 Å². The van der Waals surface area contributed by atoms with Gasteiger partial charge in [0.25, 0.3) is 0 Å². The number of nitrogens with one attached hydrogen (secondary N) is 1. The van der Waals surface area contributed by atoms with Gasteiger partial charge in [0.1, 0.15) is 0 Å². The molecule has 108 valence electrons. The highest BCUT2D eigenvalue weighted by Crippen LogP contribution is 2.30. The summed E-state index contributed by atoms with van der Waals surface area (Å²) in [5.41, 5.74) is 7.42. The third kappa shape index (κ3) is 2.69. The first-order valence-corrected chi connectivity index (χ1v) is 7.75. The van der Waals surface area contributed by atoms with Gasteiger partial charge in [-0.25, -0.2) is 4.98 Å². The summed E-state index contributed by atoms with van der Waals surface area (Å²) in [6, 6.07) is 6.08. The Hall–Kier alpha value is -1.46. The van der Waals surface area contributed by atoms with E-state index in [9.17, 15) is 4.79 Å². The quantitative estimate of drug-likeness (QED) is 0.888. The number of carbonyl (C=O) groups excluding carboxylic acids is 1. The van der Waals surface area contributed by atoms with E-state index >= 15 is 0 Å². The summed E-state index contributed by atoms with van der Waals surface area (Å²) in [7, 11) is 0. The number of hydrogen-bond acceptors (Lipinski definition) is 4. The van der Waals surface area contributed by atoms with Gasteiger partial charge in [0, 0.05) is 6.54 Å². The summed E-state index contributed by atoms with van der Waals surface area (Å²) >= 11 is 1.50. The van der Waals surface area contributed by atoms with Crippen LogP contribution in [0, 0.1) is 12.3 Å². The number of hydrogen-bond donors (Lipinski definition) is 2. The Morgan fingerprint density at radius 2 is 2.10 bits per heavy atom. The summed E-state index contributed by atoms with van der Waals surface area (Å²) in [5.74, 6) is -0.0271. The fourth-order valence-electron chi connectivity index (χ4n) is 2.27. The van der Waals surface area contributed by atoms with Gasteiger partial charge in [0.05, 0.1) is 15.6 Å². The highest BCUT2D eigenvalue weighted by atomic mass is 32.1. The second-order valence-corrected chi connectivity index (χ2v) is 6.17. The molecule has 0 saturated heterocycles. The maximum atomic E-state index is 12.4. The molecule has 5 heteroatoms. The van der Waals surface area contributed by atoms with Gasteiger partial charge in [-0.05, 0) is 37.5 Å². The van der Waals surface area contributed by atoms with Crippen molar-refractivity contribution >= 4 is 32.6 Å². The molecule has 0 radical (unpaired) electrons. The third-order valence-electron chi connectivity index (χ3n) is 3.99. The Bertz CT molecular complexity index is 608. The summed E-state index contributed by atoms with van der Waals surface area (Å²) in [5, 5.41) is 3.58. The molecule has 0 bridgehead atoms. The molecule has 1 aromatic carbocycles. The Morgan fingerprint density at radius 3 is 2.70 bits per heavy atom. The lowest BCUT2D eigenvalue weighted by molar-refractivity contribution is -0.125. The smallest absolute Gasteiger partial charge is 0.233 e. The number of aromatic nitrogens is 1. The van der Waals surface area contributed by atoms with Crippen LogP contribution in [0.25, 0.3) is 10.2 Å². The van der Waals surface area contributed by atoms with Gasteiger partial charge in [-0.3, -0.25) is 4.79 Å². The maximum absolute atomic E-state index is 12.4. The number of rotatable bonds is 5. The van der Waals surface area contributed by atoms with Crippen molar-refractivity contribution in [2.24, 2.45) is 11.1 Å². The SMILES string of the molecule is CCC(CC)(CN)C(=O)Nc1nc2ccc(C)cc2s1. The largest absolute Gasteiger partial charge is 0.329 e. The number of fused-ring (bicyclic) bond motifs is 1. The van der Waals surface area contributed by atoms with Crippen LogP contribution in [0.15, 0.2) is 18.2 Å². The first kappa shape index (κ1) is 14.9. The van der Waals surface area contributed by atoms with Crippen LogP contribution in [0.2, 0.25) is 0 Å². The minimum atomic E-state index is -0.492. The molecule has 0 aliphatic carbocycles. The summed E-state index contributed by atoms with van der Waals surface area (Å²) in [4.78, 5) is 16.9. The highest BCUT2D eigenvalue weighted by Gasteiger charge is 2.33. The first-order chi connectivity index (χ1) is 9.54. The van der Waals surface area contributed by atoms with Crippen LogP contribution in [0.5, 0.6) is 0 Å². The van der Waals surface area contributed by atoms with Gasteiger partial charge >= 0.3 is 0 Å². The average molecular weight is 291 g/mol. The van der Waals surface area contributed by atoms with Crippen LogP contribution in [0.4, 0.5) is 5.13 Å². The Labute approximate surface area is 123 Å². The zero-order chi connectivity index (χ0) is 14.8. The Morgan fingerprint density at radius 1 is 1.40 bits per heavy atom. The van der Waals surface area contributed by atoms with E-state index in [4.69, 9.17) is 5.73 Å². The van der Waals surface area contributed by atoms with Gasteiger partial charge in [-0.1, -0.05) is 31.3 Å². The molecule has 0 aliphatic rings. The van der Waals surface area contributed by atoms with Crippen molar-refractivity contribution in [1.29, 1.82) is 0 Å². The molecular weight excluding hydrogens is 270 g/mol. The molecule has 4 nitrogen and oxygen atoms in total. The molecule has 20 heavy (non-hydrogen) atoms. The molecule has 1 heterocycles. The second-order valence-electron chi connectivity index (χ2n) is 5.14. The fraction of sp³-hybridized carbons (Fsp3) is 0.467. The normalized spacial score (nSPS) is 11.8. The van der Waals surface area contributed by atoms with Crippen molar-refractivity contribution in [3.8, 4) is 0 Å². The molecular formula is C15H21N3OS. The van der Waals surface area contributed by atoms with Crippen molar-refractivity contribution in [2.45, 2.75) is 33.6 Å². The minimum Gasteiger partial charge on any atom is -0.329 e. The predicted octanol–water partition coefficient (Wildman–Crippen LogP) is 3.31. The topological polar surface area (TPSA) is 68.0 Å². The Kier molecular flexibility index (Phi) is 4.40. The first-order valence-electron chi connectivity index (χ1n) is 6.93. The monoisotopic (exact) mass is 291 g/mol. The predicted molar refractivity (Wildman–Crippen MR) is 85.1 cm³/mol. The number of nitrogens with two attached hydrogens (primary N) is 1. The second kappa shape index (κ2) is 5.89. The summed E-state index contributed by atoms with van der Waals surface area (Å²) < 4.78 is 1.09. The van der Waals surface area contributed by atoms with E-state index in [0.717, 1.165) is 23.1 Å². The van der Waals surface area contributed by atoms with E-state index in [1.54, 1.807) is 0 Å². The molecule has 0 atom stereocenters. The lowest BCUT2D eigenvalue weighted by Crippen LogP contribution is -2.41. The number of benzene rings is 1.